The fraction of sp³-hybridized carbons (Fsp3) is 0.143. The van der Waals surface area contributed by atoms with Crippen molar-refractivity contribution in [2.45, 2.75) is 6.61 Å². The Morgan fingerprint density at radius 2 is 2.16 bits per heavy atom. The van der Waals surface area contributed by atoms with Crippen molar-refractivity contribution >= 4 is 11.7 Å². The Balaban J connectivity index is 2.08. The van der Waals surface area contributed by atoms with Gasteiger partial charge in [0, 0.05) is 18.0 Å². The van der Waals surface area contributed by atoms with Gasteiger partial charge in [-0.2, -0.15) is 0 Å². The smallest absolute Gasteiger partial charge is 0.342 e. The highest BCUT2D eigenvalue weighted by Gasteiger charge is 2.14. The number of nitrogens with zero attached hydrogens (tertiary/aromatic N) is 1. The number of aromatic nitrogens is 1. The Morgan fingerprint density at radius 1 is 1.32 bits per heavy atom. The monoisotopic (exact) mass is 258 g/mol. The molecule has 98 valence electrons. The van der Waals surface area contributed by atoms with Crippen LogP contribution in [0, 0.1) is 0 Å². The van der Waals surface area contributed by atoms with Crippen molar-refractivity contribution in [1.29, 1.82) is 0 Å². The van der Waals surface area contributed by atoms with Crippen LogP contribution < -0.4 is 10.5 Å². The van der Waals surface area contributed by atoms with Crippen molar-refractivity contribution < 1.29 is 14.3 Å². The van der Waals surface area contributed by atoms with Gasteiger partial charge in [-0.15, -0.1) is 0 Å². The molecule has 0 aliphatic rings. The van der Waals surface area contributed by atoms with E-state index in [1.807, 2.05) is 6.07 Å². The number of ether oxygens (including phenoxy) is 2. The van der Waals surface area contributed by atoms with E-state index in [1.54, 1.807) is 36.5 Å². The molecule has 5 nitrogen and oxygen atoms in total. The van der Waals surface area contributed by atoms with E-state index in [2.05, 4.69) is 4.98 Å². The van der Waals surface area contributed by atoms with Gasteiger partial charge in [0.25, 0.3) is 0 Å². The van der Waals surface area contributed by atoms with Crippen molar-refractivity contribution in [1.82, 2.24) is 4.98 Å². The average Bonchev–Trinajstić information content (AvgIpc) is 2.45. The number of esters is 1. The number of carbonyl (C=O) groups excluding carboxylic acids is 1. The maximum absolute atomic E-state index is 11.9. The molecular formula is C14H14N2O3. The molecule has 5 heteroatoms. The predicted molar refractivity (Wildman–Crippen MR) is 70.8 cm³/mol. The van der Waals surface area contributed by atoms with Crippen molar-refractivity contribution in [3.63, 3.8) is 0 Å². The number of rotatable bonds is 4. The van der Waals surface area contributed by atoms with E-state index in [9.17, 15) is 4.79 Å². The van der Waals surface area contributed by atoms with Gasteiger partial charge in [0.1, 0.15) is 17.9 Å². The molecular weight excluding hydrogens is 244 g/mol. The second-order valence-corrected chi connectivity index (χ2v) is 3.86. The molecule has 0 unspecified atom stereocenters. The number of nitrogens with two attached hydrogens (primary N) is 1. The molecule has 2 rings (SSSR count). The Labute approximate surface area is 111 Å². The van der Waals surface area contributed by atoms with Crippen molar-refractivity contribution in [2.24, 2.45) is 0 Å². The van der Waals surface area contributed by atoms with Gasteiger partial charge in [0.05, 0.1) is 12.8 Å². The standard InChI is InChI=1S/C14H14N2O3/c1-18-13-8-10(15)5-6-12(13)14(17)19-9-11-4-2-3-7-16-11/h2-8H,9,15H2,1H3. The first-order chi connectivity index (χ1) is 9.20. The van der Waals surface area contributed by atoms with Crippen LogP contribution in [-0.2, 0) is 11.3 Å². The van der Waals surface area contributed by atoms with Crippen LogP contribution >= 0.6 is 0 Å². The summed E-state index contributed by atoms with van der Waals surface area (Å²) in [5.41, 5.74) is 7.18. The molecule has 19 heavy (non-hydrogen) atoms. The van der Waals surface area contributed by atoms with Gasteiger partial charge in [-0.3, -0.25) is 4.98 Å². The molecule has 0 aliphatic carbocycles. The number of benzene rings is 1. The molecule has 0 atom stereocenters. The maximum atomic E-state index is 11.9. The van der Waals surface area contributed by atoms with Crippen LogP contribution in [0.2, 0.25) is 0 Å². The second kappa shape index (κ2) is 5.86. The Hall–Kier alpha value is -2.56. The van der Waals surface area contributed by atoms with E-state index in [-0.39, 0.29) is 6.61 Å². The summed E-state index contributed by atoms with van der Waals surface area (Å²) in [7, 11) is 1.48. The molecule has 0 aliphatic heterocycles. The van der Waals surface area contributed by atoms with Crippen LogP contribution in [0.25, 0.3) is 0 Å². The van der Waals surface area contributed by atoms with Crippen molar-refractivity contribution in [3.05, 3.63) is 53.9 Å². The summed E-state index contributed by atoms with van der Waals surface area (Å²) in [4.78, 5) is 16.0. The van der Waals surface area contributed by atoms with Gasteiger partial charge in [-0.25, -0.2) is 4.79 Å². The van der Waals surface area contributed by atoms with Gasteiger partial charge in [-0.05, 0) is 24.3 Å². The summed E-state index contributed by atoms with van der Waals surface area (Å²) in [5, 5.41) is 0. The Bertz CT molecular complexity index is 570. The summed E-state index contributed by atoms with van der Waals surface area (Å²) in [6.45, 7) is 0.118. The Morgan fingerprint density at radius 3 is 2.84 bits per heavy atom. The summed E-state index contributed by atoms with van der Waals surface area (Å²) in [6, 6.07) is 10.2. The van der Waals surface area contributed by atoms with E-state index in [0.717, 1.165) is 0 Å². The normalized spacial score (nSPS) is 9.95. The molecule has 0 saturated carbocycles. The van der Waals surface area contributed by atoms with E-state index in [0.29, 0.717) is 22.7 Å². The minimum absolute atomic E-state index is 0.118. The quantitative estimate of drug-likeness (QED) is 0.671. The molecule has 0 bridgehead atoms. The second-order valence-electron chi connectivity index (χ2n) is 3.86. The lowest BCUT2D eigenvalue weighted by Crippen LogP contribution is -2.08. The van der Waals surface area contributed by atoms with Crippen LogP contribution in [0.1, 0.15) is 16.1 Å². The Kier molecular flexibility index (Phi) is 3.97. The van der Waals surface area contributed by atoms with E-state index >= 15 is 0 Å². The molecule has 1 aromatic heterocycles. The summed E-state index contributed by atoms with van der Waals surface area (Å²) < 4.78 is 10.3. The van der Waals surface area contributed by atoms with Gasteiger partial charge < -0.3 is 15.2 Å². The van der Waals surface area contributed by atoms with Gasteiger partial charge in [0.2, 0.25) is 0 Å². The highest BCUT2D eigenvalue weighted by Crippen LogP contribution is 2.22. The van der Waals surface area contributed by atoms with Crippen LogP contribution in [-0.4, -0.2) is 18.1 Å². The number of nitrogen functional groups attached to an aromatic ring is 1. The van der Waals surface area contributed by atoms with Crippen LogP contribution in [0.4, 0.5) is 5.69 Å². The first-order valence-corrected chi connectivity index (χ1v) is 5.71. The highest BCUT2D eigenvalue weighted by atomic mass is 16.5. The lowest BCUT2D eigenvalue weighted by molar-refractivity contribution is 0.0464. The first kappa shape index (κ1) is 12.9. The maximum Gasteiger partial charge on any atom is 0.342 e. The van der Waals surface area contributed by atoms with Crippen LogP contribution in [0.3, 0.4) is 0 Å². The van der Waals surface area contributed by atoms with Crippen molar-refractivity contribution in [2.75, 3.05) is 12.8 Å². The number of hydrogen-bond donors (Lipinski definition) is 1. The molecule has 0 saturated heterocycles. The number of hydrogen-bond acceptors (Lipinski definition) is 5. The number of methoxy groups -OCH3 is 1. The third-order valence-electron chi connectivity index (χ3n) is 2.52. The zero-order valence-electron chi connectivity index (χ0n) is 10.5. The zero-order valence-corrected chi connectivity index (χ0v) is 10.5. The lowest BCUT2D eigenvalue weighted by Gasteiger charge is -2.09. The number of anilines is 1. The molecule has 2 aromatic rings. The van der Waals surface area contributed by atoms with E-state index in [1.165, 1.54) is 7.11 Å². The van der Waals surface area contributed by atoms with Gasteiger partial charge >= 0.3 is 5.97 Å². The topological polar surface area (TPSA) is 74.4 Å². The molecule has 0 radical (unpaired) electrons. The number of pyridine rings is 1. The molecule has 0 fully saturated rings. The minimum atomic E-state index is -0.470. The summed E-state index contributed by atoms with van der Waals surface area (Å²) in [5.74, 6) is -0.0754. The first-order valence-electron chi connectivity index (χ1n) is 5.71. The zero-order chi connectivity index (χ0) is 13.7. The largest absolute Gasteiger partial charge is 0.496 e. The van der Waals surface area contributed by atoms with Gasteiger partial charge in [-0.1, -0.05) is 6.07 Å². The van der Waals surface area contributed by atoms with E-state index in [4.69, 9.17) is 15.2 Å². The highest BCUT2D eigenvalue weighted by molar-refractivity contribution is 5.93. The predicted octanol–water partition coefficient (Wildman–Crippen LogP) is 2.03. The third-order valence-corrected chi connectivity index (χ3v) is 2.52. The fourth-order valence-corrected chi connectivity index (χ4v) is 1.58. The van der Waals surface area contributed by atoms with Gasteiger partial charge in [0.15, 0.2) is 0 Å². The minimum Gasteiger partial charge on any atom is -0.496 e. The van der Waals surface area contributed by atoms with Crippen LogP contribution in [0.15, 0.2) is 42.6 Å². The molecule has 0 spiro atoms. The van der Waals surface area contributed by atoms with Crippen LogP contribution in [0.5, 0.6) is 5.75 Å². The summed E-state index contributed by atoms with van der Waals surface area (Å²) >= 11 is 0. The molecule has 2 N–H and O–H groups in total. The van der Waals surface area contributed by atoms with E-state index < -0.39 is 5.97 Å². The molecule has 1 heterocycles. The fourth-order valence-electron chi connectivity index (χ4n) is 1.58. The molecule has 1 aromatic carbocycles. The summed E-state index contributed by atoms with van der Waals surface area (Å²) in [6.07, 6.45) is 1.65. The third kappa shape index (κ3) is 3.22. The average molecular weight is 258 g/mol. The van der Waals surface area contributed by atoms with Crippen molar-refractivity contribution in [3.8, 4) is 5.75 Å². The SMILES string of the molecule is COc1cc(N)ccc1C(=O)OCc1ccccn1. The number of carbonyl (C=O) groups is 1. The lowest BCUT2D eigenvalue weighted by atomic mass is 10.2. The molecule has 0 amide bonds.